The topological polar surface area (TPSA) is 61.8 Å². The number of hydrogen-bond acceptors (Lipinski definition) is 4. The van der Waals surface area contributed by atoms with Gasteiger partial charge in [-0.15, -0.1) is 0 Å². The fraction of sp³-hybridized carbons (Fsp3) is 0.909. The molecule has 0 aromatic carbocycles. The van der Waals surface area contributed by atoms with Crippen molar-refractivity contribution in [2.24, 2.45) is 11.8 Å². The highest BCUT2D eigenvalue weighted by Crippen LogP contribution is 2.18. The molecule has 5 heteroatoms. The molecule has 16 heavy (non-hydrogen) atoms. The number of methoxy groups -OCH3 is 1. The molecular formula is C11H22N2O3. The Morgan fingerprint density at radius 1 is 1.56 bits per heavy atom. The molecule has 2 N–H and O–H groups in total. The van der Waals surface area contributed by atoms with Crippen molar-refractivity contribution in [2.45, 2.75) is 6.92 Å². The number of aliphatic hydroxyl groups excluding tert-OH is 1. The number of hydrogen-bond donors (Lipinski definition) is 2. The van der Waals surface area contributed by atoms with Gasteiger partial charge in [0.1, 0.15) is 0 Å². The number of amides is 1. The van der Waals surface area contributed by atoms with Gasteiger partial charge >= 0.3 is 0 Å². The van der Waals surface area contributed by atoms with Gasteiger partial charge in [0.05, 0.1) is 13.2 Å². The van der Waals surface area contributed by atoms with Crippen molar-refractivity contribution < 1.29 is 14.6 Å². The molecule has 0 saturated carbocycles. The molecular weight excluding hydrogens is 208 g/mol. The van der Waals surface area contributed by atoms with Crippen LogP contribution in [0.2, 0.25) is 0 Å². The summed E-state index contributed by atoms with van der Waals surface area (Å²) in [5.74, 6) is 0.596. The van der Waals surface area contributed by atoms with Crippen molar-refractivity contribution in [3.63, 3.8) is 0 Å². The molecule has 1 heterocycles. The molecule has 1 fully saturated rings. The van der Waals surface area contributed by atoms with Gasteiger partial charge in [-0.25, -0.2) is 0 Å². The zero-order valence-corrected chi connectivity index (χ0v) is 10.1. The van der Waals surface area contributed by atoms with Gasteiger partial charge in [0.15, 0.2) is 0 Å². The van der Waals surface area contributed by atoms with E-state index in [0.29, 0.717) is 25.6 Å². The van der Waals surface area contributed by atoms with E-state index in [1.165, 1.54) is 0 Å². The number of aliphatic hydroxyl groups is 1. The predicted octanol–water partition coefficient (Wildman–Crippen LogP) is -0.691. The normalized spacial score (nSPS) is 17.9. The Labute approximate surface area is 96.8 Å². The fourth-order valence-electron chi connectivity index (χ4n) is 1.81. The minimum atomic E-state index is 0.00505. The van der Waals surface area contributed by atoms with E-state index in [9.17, 15) is 4.79 Å². The van der Waals surface area contributed by atoms with Crippen molar-refractivity contribution in [3.05, 3.63) is 0 Å². The highest BCUT2D eigenvalue weighted by molar-refractivity contribution is 5.79. The highest BCUT2D eigenvalue weighted by Gasteiger charge is 2.31. The quantitative estimate of drug-likeness (QED) is 0.608. The van der Waals surface area contributed by atoms with Crippen LogP contribution in [0.5, 0.6) is 0 Å². The van der Waals surface area contributed by atoms with E-state index in [1.807, 2.05) is 6.92 Å². The first-order chi connectivity index (χ1) is 7.70. The number of nitrogens with one attached hydrogen (secondary N) is 1. The third-order valence-electron chi connectivity index (χ3n) is 3.16. The first-order valence-electron chi connectivity index (χ1n) is 5.80. The van der Waals surface area contributed by atoms with Crippen LogP contribution in [0.1, 0.15) is 6.92 Å². The summed E-state index contributed by atoms with van der Waals surface area (Å²) in [7, 11) is 1.61. The maximum Gasteiger partial charge on any atom is 0.225 e. The molecule has 1 rings (SSSR count). The molecule has 0 aliphatic carbocycles. The van der Waals surface area contributed by atoms with E-state index in [1.54, 1.807) is 12.0 Å². The molecule has 0 bridgehead atoms. The Balaban J connectivity index is 2.43. The minimum Gasteiger partial charge on any atom is -0.395 e. The maximum absolute atomic E-state index is 12.1. The van der Waals surface area contributed by atoms with Crippen molar-refractivity contribution in [3.8, 4) is 0 Å². The number of nitrogens with zero attached hydrogens (tertiary/aromatic N) is 1. The summed E-state index contributed by atoms with van der Waals surface area (Å²) in [5, 5.41) is 12.1. The van der Waals surface area contributed by atoms with Crippen LogP contribution < -0.4 is 5.32 Å². The molecule has 0 aromatic heterocycles. The molecule has 0 spiro atoms. The van der Waals surface area contributed by atoms with Crippen LogP contribution in [0.4, 0.5) is 0 Å². The highest BCUT2D eigenvalue weighted by atomic mass is 16.5. The molecule has 94 valence electrons. The zero-order valence-electron chi connectivity index (χ0n) is 10.1. The molecule has 1 aliphatic heterocycles. The number of ether oxygens (including phenoxy) is 1. The predicted molar refractivity (Wildman–Crippen MR) is 61.1 cm³/mol. The second-order valence-corrected chi connectivity index (χ2v) is 4.25. The smallest absolute Gasteiger partial charge is 0.225 e. The largest absolute Gasteiger partial charge is 0.395 e. The van der Waals surface area contributed by atoms with Crippen molar-refractivity contribution >= 4 is 5.91 Å². The Hall–Kier alpha value is -0.650. The van der Waals surface area contributed by atoms with E-state index < -0.39 is 0 Å². The molecule has 1 amide bonds. The summed E-state index contributed by atoms with van der Waals surface area (Å²) in [6, 6.07) is 0. The lowest BCUT2D eigenvalue weighted by Crippen LogP contribution is -2.51. The van der Waals surface area contributed by atoms with Crippen molar-refractivity contribution in [2.75, 3.05) is 46.5 Å². The SMILES string of the molecule is COCCN(CCO)C(=O)C(C)C1CNC1. The molecule has 1 unspecified atom stereocenters. The van der Waals surface area contributed by atoms with Gasteiger partial charge in [-0.05, 0) is 19.0 Å². The Morgan fingerprint density at radius 2 is 2.25 bits per heavy atom. The Morgan fingerprint density at radius 3 is 2.69 bits per heavy atom. The molecule has 5 nitrogen and oxygen atoms in total. The fourth-order valence-corrected chi connectivity index (χ4v) is 1.81. The minimum absolute atomic E-state index is 0.00505. The van der Waals surface area contributed by atoms with Crippen LogP contribution in [0, 0.1) is 11.8 Å². The molecule has 1 aliphatic rings. The molecule has 1 saturated heterocycles. The van der Waals surface area contributed by atoms with Crippen LogP contribution in [0.15, 0.2) is 0 Å². The third-order valence-corrected chi connectivity index (χ3v) is 3.16. The van der Waals surface area contributed by atoms with Crippen molar-refractivity contribution in [1.82, 2.24) is 10.2 Å². The van der Waals surface area contributed by atoms with E-state index in [2.05, 4.69) is 5.32 Å². The number of rotatable bonds is 7. The first kappa shape index (κ1) is 13.4. The van der Waals surface area contributed by atoms with Gasteiger partial charge in [-0.2, -0.15) is 0 Å². The van der Waals surface area contributed by atoms with E-state index in [-0.39, 0.29) is 18.4 Å². The molecule has 1 atom stereocenters. The number of carbonyl (C=O) groups is 1. The first-order valence-corrected chi connectivity index (χ1v) is 5.80. The van der Waals surface area contributed by atoms with Crippen LogP contribution in [0.3, 0.4) is 0 Å². The van der Waals surface area contributed by atoms with Crippen molar-refractivity contribution in [1.29, 1.82) is 0 Å². The lowest BCUT2D eigenvalue weighted by Gasteiger charge is -2.34. The van der Waals surface area contributed by atoms with Gasteiger partial charge in [0.25, 0.3) is 0 Å². The second kappa shape index (κ2) is 6.83. The van der Waals surface area contributed by atoms with E-state index >= 15 is 0 Å². The number of carbonyl (C=O) groups excluding carboxylic acids is 1. The van der Waals surface area contributed by atoms with Gasteiger partial charge < -0.3 is 20.1 Å². The van der Waals surface area contributed by atoms with Gasteiger partial charge in [0.2, 0.25) is 5.91 Å². The van der Waals surface area contributed by atoms with E-state index in [0.717, 1.165) is 13.1 Å². The second-order valence-electron chi connectivity index (χ2n) is 4.25. The lowest BCUT2D eigenvalue weighted by atomic mass is 9.88. The van der Waals surface area contributed by atoms with Crippen LogP contribution in [-0.2, 0) is 9.53 Å². The maximum atomic E-state index is 12.1. The van der Waals surface area contributed by atoms with Crippen LogP contribution in [0.25, 0.3) is 0 Å². The Kier molecular flexibility index (Phi) is 5.73. The van der Waals surface area contributed by atoms with Crippen LogP contribution >= 0.6 is 0 Å². The summed E-state index contributed by atoms with van der Waals surface area (Å²) in [5.41, 5.74) is 0. The third kappa shape index (κ3) is 3.43. The van der Waals surface area contributed by atoms with Gasteiger partial charge in [-0.1, -0.05) is 6.92 Å². The van der Waals surface area contributed by atoms with Gasteiger partial charge in [0, 0.05) is 26.1 Å². The standard InChI is InChI=1S/C11H22N2O3/c1-9(10-7-12-8-10)11(15)13(3-5-14)4-6-16-2/h9-10,12,14H,3-8H2,1-2H3. The summed E-state index contributed by atoms with van der Waals surface area (Å²) in [4.78, 5) is 13.8. The Bertz CT molecular complexity index is 219. The van der Waals surface area contributed by atoms with E-state index in [4.69, 9.17) is 9.84 Å². The zero-order chi connectivity index (χ0) is 12.0. The summed E-state index contributed by atoms with van der Waals surface area (Å²) in [6.45, 7) is 5.28. The average molecular weight is 230 g/mol. The summed E-state index contributed by atoms with van der Waals surface area (Å²) in [6.07, 6.45) is 0. The molecule has 0 aromatic rings. The monoisotopic (exact) mass is 230 g/mol. The summed E-state index contributed by atoms with van der Waals surface area (Å²) < 4.78 is 4.96. The van der Waals surface area contributed by atoms with Gasteiger partial charge in [-0.3, -0.25) is 4.79 Å². The van der Waals surface area contributed by atoms with Crippen LogP contribution in [-0.4, -0.2) is 62.4 Å². The summed E-state index contributed by atoms with van der Waals surface area (Å²) >= 11 is 0. The lowest BCUT2D eigenvalue weighted by molar-refractivity contribution is -0.138. The molecule has 0 radical (unpaired) electrons. The average Bonchev–Trinajstić information content (AvgIpc) is 2.20.